The van der Waals surface area contributed by atoms with E-state index < -0.39 is 10.0 Å². The number of halogens is 1. The first-order valence-electron chi connectivity index (χ1n) is 10.4. The molecule has 1 aliphatic rings. The summed E-state index contributed by atoms with van der Waals surface area (Å²) in [5, 5.41) is 1.56. The molecule has 2 heterocycles. The second-order valence-corrected chi connectivity index (χ2v) is 9.49. The van der Waals surface area contributed by atoms with Gasteiger partial charge >= 0.3 is 0 Å². The Bertz CT molecular complexity index is 1240. The van der Waals surface area contributed by atoms with Crippen LogP contribution >= 0.6 is 11.6 Å². The van der Waals surface area contributed by atoms with E-state index in [-0.39, 0.29) is 5.91 Å². The summed E-state index contributed by atoms with van der Waals surface area (Å²) in [5.74, 6) is 0.708. The quantitative estimate of drug-likeness (QED) is 0.534. The second kappa shape index (κ2) is 10.1. The van der Waals surface area contributed by atoms with Gasteiger partial charge in [-0.1, -0.05) is 48.0 Å². The van der Waals surface area contributed by atoms with Crippen LogP contribution in [0.4, 0.5) is 11.5 Å². The lowest BCUT2D eigenvalue weighted by Crippen LogP contribution is -2.49. The molecule has 1 amide bonds. The van der Waals surface area contributed by atoms with Crippen LogP contribution in [0.3, 0.4) is 0 Å². The Morgan fingerprint density at radius 1 is 0.909 bits per heavy atom. The molecule has 33 heavy (non-hydrogen) atoms. The fourth-order valence-electron chi connectivity index (χ4n) is 3.51. The van der Waals surface area contributed by atoms with Gasteiger partial charge in [0.15, 0.2) is 0 Å². The van der Waals surface area contributed by atoms with Crippen molar-refractivity contribution in [3.63, 3.8) is 0 Å². The van der Waals surface area contributed by atoms with E-state index in [1.165, 1.54) is 6.08 Å². The molecule has 0 unspecified atom stereocenters. The minimum Gasteiger partial charge on any atom is -0.353 e. The highest BCUT2D eigenvalue weighted by molar-refractivity contribution is 7.95. The third-order valence-corrected chi connectivity index (χ3v) is 6.45. The summed E-state index contributed by atoms with van der Waals surface area (Å²) in [6, 6.07) is 21.1. The monoisotopic (exact) mass is 482 g/mol. The number of pyridine rings is 1. The molecule has 1 N–H and O–H groups in total. The lowest BCUT2D eigenvalue weighted by atomic mass is 10.1. The molecule has 0 bridgehead atoms. The smallest absolute Gasteiger partial charge is 0.255 e. The van der Waals surface area contributed by atoms with E-state index in [0.29, 0.717) is 42.6 Å². The van der Waals surface area contributed by atoms with Crippen molar-refractivity contribution in [2.24, 2.45) is 0 Å². The molecular formula is C24H23ClN4O3S. The zero-order chi connectivity index (χ0) is 23.3. The fraction of sp³-hybridized carbons (Fsp3) is 0.167. The molecule has 1 aromatic heterocycles. The van der Waals surface area contributed by atoms with Crippen LogP contribution < -0.4 is 9.62 Å². The molecule has 0 atom stereocenters. The fourth-order valence-corrected chi connectivity index (χ4v) is 4.53. The normalized spacial score (nSPS) is 14.5. The van der Waals surface area contributed by atoms with E-state index >= 15 is 0 Å². The Labute approximate surface area is 198 Å². The molecule has 9 heteroatoms. The SMILES string of the molecule is O=C(c1ccc(NS(=O)(=O)/C=C/c2ccccc2)cc1)N1CCN(c2cccc(Cl)n2)CC1. The van der Waals surface area contributed by atoms with Crippen molar-refractivity contribution in [3.05, 3.63) is 94.5 Å². The second-order valence-electron chi connectivity index (χ2n) is 7.54. The van der Waals surface area contributed by atoms with Gasteiger partial charge in [-0.05, 0) is 48.0 Å². The van der Waals surface area contributed by atoms with Crippen LogP contribution in [-0.2, 0) is 10.0 Å². The number of rotatable bonds is 6. The van der Waals surface area contributed by atoms with Gasteiger partial charge in [-0.3, -0.25) is 9.52 Å². The Balaban J connectivity index is 1.34. The van der Waals surface area contributed by atoms with Crippen LogP contribution in [0.25, 0.3) is 6.08 Å². The van der Waals surface area contributed by atoms with E-state index in [1.54, 1.807) is 35.2 Å². The number of amides is 1. The van der Waals surface area contributed by atoms with Crippen LogP contribution in [-0.4, -0.2) is 50.4 Å². The third-order valence-electron chi connectivity index (χ3n) is 5.22. The summed E-state index contributed by atoms with van der Waals surface area (Å²) in [6.45, 7) is 2.44. The number of piperazine rings is 1. The number of nitrogens with zero attached hydrogens (tertiary/aromatic N) is 3. The number of carbonyl (C=O) groups excluding carboxylic acids is 1. The standard InChI is InChI=1S/C24H23ClN4O3S/c25-22-7-4-8-23(26-22)28-14-16-29(17-15-28)24(30)20-9-11-21(12-10-20)27-33(31,32)18-13-19-5-2-1-3-6-19/h1-13,18,27H,14-17H2/b18-13+. The molecule has 7 nitrogen and oxygen atoms in total. The van der Waals surface area contributed by atoms with Crippen molar-refractivity contribution in [1.29, 1.82) is 0 Å². The maximum Gasteiger partial charge on any atom is 0.255 e. The van der Waals surface area contributed by atoms with Crippen LogP contribution in [0.1, 0.15) is 15.9 Å². The Hall–Kier alpha value is -3.36. The van der Waals surface area contributed by atoms with Gasteiger partial charge in [-0.25, -0.2) is 13.4 Å². The molecule has 2 aromatic carbocycles. The Morgan fingerprint density at radius 2 is 1.61 bits per heavy atom. The van der Waals surface area contributed by atoms with Gasteiger partial charge in [0, 0.05) is 37.4 Å². The van der Waals surface area contributed by atoms with Crippen molar-refractivity contribution in [3.8, 4) is 0 Å². The average Bonchev–Trinajstić information content (AvgIpc) is 2.83. The first-order valence-corrected chi connectivity index (χ1v) is 12.3. The van der Waals surface area contributed by atoms with Crippen LogP contribution in [0.15, 0.2) is 78.2 Å². The van der Waals surface area contributed by atoms with Gasteiger partial charge in [-0.2, -0.15) is 0 Å². The molecular weight excluding hydrogens is 460 g/mol. The van der Waals surface area contributed by atoms with E-state index in [4.69, 9.17) is 11.6 Å². The molecule has 0 saturated carbocycles. The average molecular weight is 483 g/mol. The lowest BCUT2D eigenvalue weighted by Gasteiger charge is -2.35. The molecule has 1 fully saturated rings. The van der Waals surface area contributed by atoms with E-state index in [0.717, 1.165) is 16.8 Å². The Kier molecular flexibility index (Phi) is 6.96. The number of nitrogens with one attached hydrogen (secondary N) is 1. The minimum absolute atomic E-state index is 0.0907. The van der Waals surface area contributed by atoms with Gasteiger partial charge in [0.1, 0.15) is 11.0 Å². The zero-order valence-corrected chi connectivity index (χ0v) is 19.3. The van der Waals surface area contributed by atoms with Gasteiger partial charge in [0.25, 0.3) is 15.9 Å². The van der Waals surface area contributed by atoms with Crippen LogP contribution in [0, 0.1) is 0 Å². The number of aromatic nitrogens is 1. The van der Waals surface area contributed by atoms with Gasteiger partial charge in [0.2, 0.25) is 0 Å². The minimum atomic E-state index is -3.67. The van der Waals surface area contributed by atoms with Crippen molar-refractivity contribution in [2.45, 2.75) is 0 Å². The topological polar surface area (TPSA) is 82.6 Å². The molecule has 0 aliphatic carbocycles. The first kappa shape index (κ1) is 22.8. The number of hydrogen-bond acceptors (Lipinski definition) is 5. The van der Waals surface area contributed by atoms with Crippen LogP contribution in [0.2, 0.25) is 5.15 Å². The zero-order valence-electron chi connectivity index (χ0n) is 17.8. The highest BCUT2D eigenvalue weighted by Gasteiger charge is 2.23. The summed E-state index contributed by atoms with van der Waals surface area (Å²) < 4.78 is 27.1. The number of anilines is 2. The summed E-state index contributed by atoms with van der Waals surface area (Å²) in [7, 11) is -3.67. The molecule has 170 valence electrons. The van der Waals surface area contributed by atoms with Crippen molar-refractivity contribution in [1.82, 2.24) is 9.88 Å². The molecule has 1 saturated heterocycles. The molecule has 4 rings (SSSR count). The predicted octanol–water partition coefficient (Wildman–Crippen LogP) is 4.11. The van der Waals surface area contributed by atoms with Crippen molar-refractivity contribution >= 4 is 45.1 Å². The third kappa shape index (κ3) is 6.12. The van der Waals surface area contributed by atoms with E-state index in [9.17, 15) is 13.2 Å². The first-order chi connectivity index (χ1) is 15.9. The number of carbonyl (C=O) groups is 1. The summed E-state index contributed by atoms with van der Waals surface area (Å²) in [6.07, 6.45) is 1.53. The summed E-state index contributed by atoms with van der Waals surface area (Å²) in [5.41, 5.74) is 1.68. The molecule has 0 radical (unpaired) electrons. The molecule has 0 spiro atoms. The number of sulfonamides is 1. The summed E-state index contributed by atoms with van der Waals surface area (Å²) in [4.78, 5) is 21.1. The Morgan fingerprint density at radius 3 is 2.27 bits per heavy atom. The molecule has 3 aromatic rings. The highest BCUT2D eigenvalue weighted by atomic mass is 35.5. The van der Waals surface area contributed by atoms with Gasteiger partial charge in [0.05, 0.1) is 5.41 Å². The van der Waals surface area contributed by atoms with Crippen LogP contribution in [0.5, 0.6) is 0 Å². The number of benzene rings is 2. The van der Waals surface area contributed by atoms with E-state index in [2.05, 4.69) is 14.6 Å². The summed E-state index contributed by atoms with van der Waals surface area (Å²) >= 11 is 5.97. The maximum atomic E-state index is 12.9. The number of hydrogen-bond donors (Lipinski definition) is 1. The molecule has 1 aliphatic heterocycles. The van der Waals surface area contributed by atoms with Gasteiger partial charge < -0.3 is 9.80 Å². The lowest BCUT2D eigenvalue weighted by molar-refractivity contribution is 0.0746. The maximum absolute atomic E-state index is 12.9. The van der Waals surface area contributed by atoms with Crippen molar-refractivity contribution in [2.75, 3.05) is 35.8 Å². The largest absolute Gasteiger partial charge is 0.353 e. The van der Waals surface area contributed by atoms with E-state index in [1.807, 2.05) is 42.5 Å². The van der Waals surface area contributed by atoms with Crippen molar-refractivity contribution < 1.29 is 13.2 Å². The predicted molar refractivity (Wildman–Crippen MR) is 132 cm³/mol. The van der Waals surface area contributed by atoms with Gasteiger partial charge in [-0.15, -0.1) is 0 Å². The highest BCUT2D eigenvalue weighted by Crippen LogP contribution is 2.19.